The Balaban J connectivity index is 2.70. The minimum atomic E-state index is -0.516. The molecule has 5 heteroatoms. The van der Waals surface area contributed by atoms with Gasteiger partial charge in [0.05, 0.1) is 13.7 Å². The first-order valence-corrected chi connectivity index (χ1v) is 5.64. The predicted molar refractivity (Wildman–Crippen MR) is 67.7 cm³/mol. The van der Waals surface area contributed by atoms with E-state index in [-0.39, 0.29) is 18.9 Å². The van der Waals surface area contributed by atoms with Crippen LogP contribution in [0.2, 0.25) is 0 Å². The van der Waals surface area contributed by atoms with Gasteiger partial charge in [0.1, 0.15) is 12.2 Å². The summed E-state index contributed by atoms with van der Waals surface area (Å²) >= 11 is 0. The molecule has 0 spiro atoms. The van der Waals surface area contributed by atoms with Gasteiger partial charge in [-0.05, 0) is 19.1 Å². The zero-order valence-corrected chi connectivity index (χ0v) is 10.8. The molecule has 0 saturated heterocycles. The molecular formula is C13H17NO4. The van der Waals surface area contributed by atoms with E-state index in [1.165, 1.54) is 4.90 Å². The Morgan fingerprint density at radius 2 is 2.06 bits per heavy atom. The second kappa shape index (κ2) is 6.64. The number of rotatable bonds is 5. The summed E-state index contributed by atoms with van der Waals surface area (Å²) in [7, 11) is 3.16. The van der Waals surface area contributed by atoms with Gasteiger partial charge in [0.2, 0.25) is 5.91 Å². The van der Waals surface area contributed by atoms with E-state index in [0.717, 1.165) is 0 Å². The maximum atomic E-state index is 11.8. The van der Waals surface area contributed by atoms with Crippen LogP contribution in [0, 0.1) is 0 Å². The van der Waals surface area contributed by atoms with E-state index in [4.69, 9.17) is 9.47 Å². The van der Waals surface area contributed by atoms with E-state index in [1.807, 2.05) is 0 Å². The Kier molecular flexibility index (Phi) is 5.17. The molecule has 1 aromatic carbocycles. The number of carbonyl (C=O) groups is 2. The van der Waals surface area contributed by atoms with Gasteiger partial charge in [-0.1, -0.05) is 6.07 Å². The summed E-state index contributed by atoms with van der Waals surface area (Å²) in [5.41, 5.74) is 0.670. The van der Waals surface area contributed by atoms with Crippen molar-refractivity contribution in [1.29, 1.82) is 0 Å². The minimum absolute atomic E-state index is 0.262. The van der Waals surface area contributed by atoms with Gasteiger partial charge in [-0.2, -0.15) is 0 Å². The Hall–Kier alpha value is -2.04. The zero-order valence-electron chi connectivity index (χ0n) is 10.8. The molecule has 1 aromatic rings. The van der Waals surface area contributed by atoms with E-state index >= 15 is 0 Å². The number of ether oxygens (including phenoxy) is 2. The molecule has 0 fully saturated rings. The third kappa shape index (κ3) is 3.76. The molecule has 0 aliphatic rings. The standard InChI is InChI=1S/C13H17NO4/c1-4-18-13(16)9-12(15)14(2)10-6-5-7-11(8-10)17-3/h5-8H,4,9H2,1-3H3. The van der Waals surface area contributed by atoms with Crippen molar-refractivity contribution in [2.75, 3.05) is 25.7 Å². The summed E-state index contributed by atoms with van der Waals surface area (Å²) < 4.78 is 9.81. The van der Waals surface area contributed by atoms with Crippen LogP contribution >= 0.6 is 0 Å². The van der Waals surface area contributed by atoms with Gasteiger partial charge in [-0.25, -0.2) is 0 Å². The molecule has 98 valence electrons. The molecule has 0 radical (unpaired) electrons. The molecule has 1 amide bonds. The first-order valence-electron chi connectivity index (χ1n) is 5.64. The monoisotopic (exact) mass is 251 g/mol. The Morgan fingerprint density at radius 1 is 1.33 bits per heavy atom. The van der Waals surface area contributed by atoms with Crippen LogP contribution in [0.15, 0.2) is 24.3 Å². The van der Waals surface area contributed by atoms with Gasteiger partial charge >= 0.3 is 5.97 Å². The van der Waals surface area contributed by atoms with Crippen molar-refractivity contribution in [3.8, 4) is 5.75 Å². The highest BCUT2D eigenvalue weighted by atomic mass is 16.5. The fraction of sp³-hybridized carbons (Fsp3) is 0.385. The second-order valence-electron chi connectivity index (χ2n) is 3.64. The molecule has 0 bridgehead atoms. The van der Waals surface area contributed by atoms with Crippen molar-refractivity contribution in [2.45, 2.75) is 13.3 Å². The highest BCUT2D eigenvalue weighted by molar-refractivity contribution is 6.03. The molecule has 0 unspecified atom stereocenters. The molecule has 0 saturated carbocycles. The third-order valence-electron chi connectivity index (χ3n) is 2.42. The molecule has 0 atom stereocenters. The zero-order chi connectivity index (χ0) is 13.5. The van der Waals surface area contributed by atoms with E-state index < -0.39 is 5.97 Å². The number of nitrogens with zero attached hydrogens (tertiary/aromatic N) is 1. The quantitative estimate of drug-likeness (QED) is 0.589. The third-order valence-corrected chi connectivity index (χ3v) is 2.42. The number of anilines is 1. The SMILES string of the molecule is CCOC(=O)CC(=O)N(C)c1cccc(OC)c1. The lowest BCUT2D eigenvalue weighted by molar-refractivity contribution is -0.145. The Bertz CT molecular complexity index is 431. The van der Waals surface area contributed by atoms with Crippen molar-refractivity contribution >= 4 is 17.6 Å². The normalized spacial score (nSPS) is 9.72. The number of hydrogen-bond donors (Lipinski definition) is 0. The largest absolute Gasteiger partial charge is 0.497 e. The van der Waals surface area contributed by atoms with E-state index in [1.54, 1.807) is 45.3 Å². The van der Waals surface area contributed by atoms with Crippen molar-refractivity contribution in [3.63, 3.8) is 0 Å². The van der Waals surface area contributed by atoms with Gasteiger partial charge in [-0.15, -0.1) is 0 Å². The first kappa shape index (κ1) is 14.0. The second-order valence-corrected chi connectivity index (χ2v) is 3.64. The number of carbonyl (C=O) groups excluding carboxylic acids is 2. The van der Waals surface area contributed by atoms with Crippen LogP contribution in [0.4, 0.5) is 5.69 Å². The van der Waals surface area contributed by atoms with Gasteiger partial charge in [0.25, 0.3) is 0 Å². The summed E-state index contributed by atoms with van der Waals surface area (Å²) in [6, 6.07) is 7.06. The maximum Gasteiger partial charge on any atom is 0.315 e. The fourth-order valence-corrected chi connectivity index (χ4v) is 1.42. The number of esters is 1. The van der Waals surface area contributed by atoms with Crippen LogP contribution in [-0.4, -0.2) is 32.6 Å². The van der Waals surface area contributed by atoms with E-state index in [2.05, 4.69) is 0 Å². The van der Waals surface area contributed by atoms with Crippen LogP contribution in [-0.2, 0) is 14.3 Å². The average molecular weight is 251 g/mol. The Morgan fingerprint density at radius 3 is 2.67 bits per heavy atom. The number of methoxy groups -OCH3 is 1. The average Bonchev–Trinajstić information content (AvgIpc) is 2.38. The fourth-order valence-electron chi connectivity index (χ4n) is 1.42. The summed E-state index contributed by atoms with van der Waals surface area (Å²) in [6.45, 7) is 1.98. The molecule has 18 heavy (non-hydrogen) atoms. The van der Waals surface area contributed by atoms with Gasteiger partial charge < -0.3 is 14.4 Å². The van der Waals surface area contributed by atoms with Crippen LogP contribution < -0.4 is 9.64 Å². The molecule has 0 aliphatic heterocycles. The van der Waals surface area contributed by atoms with Gasteiger partial charge in [0, 0.05) is 18.8 Å². The lowest BCUT2D eigenvalue weighted by atomic mass is 10.2. The van der Waals surface area contributed by atoms with Crippen molar-refractivity contribution in [3.05, 3.63) is 24.3 Å². The van der Waals surface area contributed by atoms with E-state index in [9.17, 15) is 9.59 Å². The first-order chi connectivity index (χ1) is 8.58. The number of benzene rings is 1. The molecule has 1 rings (SSSR count). The van der Waals surface area contributed by atoms with E-state index in [0.29, 0.717) is 11.4 Å². The highest BCUT2D eigenvalue weighted by Gasteiger charge is 2.16. The number of amides is 1. The van der Waals surface area contributed by atoms with Crippen LogP contribution in [0.25, 0.3) is 0 Å². The summed E-state index contributed by atoms with van der Waals surface area (Å²) in [5, 5.41) is 0. The van der Waals surface area contributed by atoms with Crippen LogP contribution in [0.5, 0.6) is 5.75 Å². The lowest BCUT2D eigenvalue weighted by Gasteiger charge is -2.17. The predicted octanol–water partition coefficient (Wildman–Crippen LogP) is 1.61. The number of hydrogen-bond acceptors (Lipinski definition) is 4. The molecule has 0 heterocycles. The molecule has 0 aromatic heterocycles. The van der Waals surface area contributed by atoms with Crippen molar-refractivity contribution < 1.29 is 19.1 Å². The van der Waals surface area contributed by atoms with Gasteiger partial charge in [0.15, 0.2) is 0 Å². The smallest absolute Gasteiger partial charge is 0.315 e. The van der Waals surface area contributed by atoms with Crippen LogP contribution in [0.3, 0.4) is 0 Å². The summed E-state index contributed by atoms with van der Waals surface area (Å²) in [4.78, 5) is 24.4. The van der Waals surface area contributed by atoms with Gasteiger partial charge in [-0.3, -0.25) is 9.59 Å². The topological polar surface area (TPSA) is 55.8 Å². The molecule has 5 nitrogen and oxygen atoms in total. The van der Waals surface area contributed by atoms with Crippen molar-refractivity contribution in [2.24, 2.45) is 0 Å². The summed E-state index contributed by atoms with van der Waals surface area (Å²) in [6.07, 6.45) is -0.262. The Labute approximate surface area is 106 Å². The van der Waals surface area contributed by atoms with Crippen molar-refractivity contribution in [1.82, 2.24) is 0 Å². The summed E-state index contributed by atoms with van der Waals surface area (Å²) in [5.74, 6) is -0.178. The molecular weight excluding hydrogens is 234 g/mol. The molecule has 0 N–H and O–H groups in total. The molecule has 0 aliphatic carbocycles. The minimum Gasteiger partial charge on any atom is -0.497 e. The lowest BCUT2D eigenvalue weighted by Crippen LogP contribution is -2.28. The maximum absolute atomic E-state index is 11.8. The van der Waals surface area contributed by atoms with Crippen LogP contribution in [0.1, 0.15) is 13.3 Å². The highest BCUT2D eigenvalue weighted by Crippen LogP contribution is 2.20.